The van der Waals surface area contributed by atoms with Gasteiger partial charge in [0.1, 0.15) is 11.5 Å². The van der Waals surface area contributed by atoms with E-state index < -0.39 is 47.8 Å². The number of thiophene rings is 3. The molecular formula is C120H129N9O17S3. The number of aromatic nitrogens is 8. The summed E-state index contributed by atoms with van der Waals surface area (Å²) in [6, 6.07) is 44.9. The molecule has 12 heterocycles. The Kier molecular flexibility index (Phi) is 40.9. The Balaban J connectivity index is 0.000000142. The lowest BCUT2D eigenvalue weighted by Gasteiger charge is -2.57. The Bertz CT molecular complexity index is 6470. The number of anilines is 1. The van der Waals surface area contributed by atoms with Crippen LogP contribution in [0.25, 0.3) is 0 Å². The molecule has 0 unspecified atom stereocenters. The highest BCUT2D eigenvalue weighted by atomic mass is 32.1. The number of pyridine rings is 8. The van der Waals surface area contributed by atoms with Crippen LogP contribution in [-0.4, -0.2) is 143 Å². The van der Waals surface area contributed by atoms with E-state index in [1.54, 1.807) is 132 Å². The molecule has 2 aromatic carbocycles. The third kappa shape index (κ3) is 33.1. The summed E-state index contributed by atoms with van der Waals surface area (Å²) < 4.78 is 5.44. The van der Waals surface area contributed by atoms with E-state index in [4.69, 9.17) is 41.5 Å². The van der Waals surface area contributed by atoms with Crippen LogP contribution in [0.4, 0.5) is 5.69 Å². The van der Waals surface area contributed by atoms with Crippen molar-refractivity contribution in [3.8, 4) is 12.3 Å². The maximum absolute atomic E-state index is 11.3. The molecule has 12 aromatic heterocycles. The monoisotopic (exact) mass is 2060 g/mol. The van der Waals surface area contributed by atoms with Crippen molar-refractivity contribution in [1.82, 2.24) is 39.9 Å². The average molecular weight is 2070 g/mol. The zero-order valence-corrected chi connectivity index (χ0v) is 87.3. The molecule has 0 atom stereocenters. The maximum atomic E-state index is 11.3. The molecule has 0 aliphatic heterocycles. The highest BCUT2D eigenvalue weighted by molar-refractivity contribution is 7.12. The molecule has 8 bridgehead atoms. The molecule has 0 radical (unpaired) electrons. The number of aryl methyl sites for hydroxylation is 18. The topological polar surface area (TPSA) is 418 Å². The minimum atomic E-state index is -0.918. The first kappa shape index (κ1) is 111. The van der Waals surface area contributed by atoms with E-state index in [2.05, 4.69) is 127 Å². The van der Waals surface area contributed by atoms with Gasteiger partial charge in [0.25, 0.3) is 0 Å². The van der Waals surface area contributed by atoms with Crippen molar-refractivity contribution >= 4 is 87.5 Å². The summed E-state index contributed by atoms with van der Waals surface area (Å²) in [5, 5.41) is 72.9. The lowest BCUT2D eigenvalue weighted by Crippen LogP contribution is -2.46. The van der Waals surface area contributed by atoms with Gasteiger partial charge in [-0.25, -0.2) is 38.4 Å². The Labute approximate surface area is 881 Å². The van der Waals surface area contributed by atoms with Crippen LogP contribution in [0.2, 0.25) is 0 Å². The largest absolute Gasteiger partial charge is 0.478 e. The molecule has 774 valence electrons. The van der Waals surface area contributed by atoms with Gasteiger partial charge in [-0.15, -0.1) is 40.4 Å². The van der Waals surface area contributed by atoms with E-state index >= 15 is 0 Å². The number of hydrogen-bond donors (Lipinski definition) is 8. The SMILES string of the molecule is C#Cc1ccc(CCc2cnccc2C(=O)O)cc1.CN(C)c1ccc(CCc2cnccc2C(=O)O)cc1.Cc1ccc(CCc2cnccc2C(=O)O)o1.Cc1ccc(CCc2cnccc2C(=O)O)s1.Cc1ccc(CCc2cnccc2C(=O)O)s1.Cc1ccc(CCc2cnccc2C(=O)O)s1.O=C(O)c1ccncc1CCC12CC3CC(CC(C3)C1)C2.O=C(O)c1ccncc1CCC1C2CC3CC(C2)CC1C3. The van der Waals surface area contributed by atoms with E-state index in [1.165, 1.54) is 155 Å². The van der Waals surface area contributed by atoms with Gasteiger partial charge in [0.15, 0.2) is 0 Å². The number of carbonyl (C=O) groups is 8. The van der Waals surface area contributed by atoms with Crippen molar-refractivity contribution in [1.29, 1.82) is 0 Å². The van der Waals surface area contributed by atoms with Crippen molar-refractivity contribution < 1.29 is 83.6 Å². The molecule has 22 rings (SSSR count). The van der Waals surface area contributed by atoms with E-state index in [0.29, 0.717) is 75.6 Å². The molecule has 8 aliphatic carbocycles. The number of rotatable bonds is 33. The standard InChI is InChI=1S/2C18H23NO2.C16H18N2O2.C16H13NO2.C13H13NO3.3C13H13NO2S/c20-17(21)16-2-4-19-11-15(16)1-3-18-8-12-5-13(9-18)7-14(6-12)10-18;20-18(21)17-3-4-19-10-13(17)1-2-16-14-6-11-5-12(8-14)9-15(16)7-11;1-18(2)14-7-4-12(5-8-14)3-6-13-11-17-10-9-15(13)16(19)20;1-2-12-3-5-13(6-4-12)7-8-14-11-17-10-9-15(14)16(18)19;4*1-9-2-4-11(17-9)5-3-10-8-14-7-6-12(10)13(15)16/h2,4,11-14H,1,3,5-10H2,(H,20,21);3-4,10-12,14-16H,1-2,5-9H2,(H,20,21);4-5,7-11H,3,6H2,1-2H3,(H,19,20);1,3-6,9-11H,7-8H2,(H,18,19);4*2,4,6-8H,3,5H2,1H3,(H,15,16). The number of carboxylic acids is 8. The minimum absolute atomic E-state index is 0.309. The number of carboxylic acid groups (broad SMARTS) is 8. The lowest BCUT2D eigenvalue weighted by atomic mass is 9.48. The Morgan fingerprint density at radius 3 is 0.866 bits per heavy atom. The van der Waals surface area contributed by atoms with E-state index in [9.17, 15) is 48.6 Å². The molecule has 8 saturated carbocycles. The first-order valence-electron chi connectivity index (χ1n) is 50.6. The maximum Gasteiger partial charge on any atom is 0.336 e. The summed E-state index contributed by atoms with van der Waals surface area (Å²) in [7, 11) is 4.01. The summed E-state index contributed by atoms with van der Waals surface area (Å²) in [6.45, 7) is 8.10. The van der Waals surface area contributed by atoms with Crippen molar-refractivity contribution in [3.63, 3.8) is 0 Å². The average Bonchev–Trinajstić information content (AvgIpc) is 0.987. The first-order valence-corrected chi connectivity index (χ1v) is 53.1. The second kappa shape index (κ2) is 54.7. The van der Waals surface area contributed by atoms with Crippen LogP contribution in [0.15, 0.2) is 249 Å². The van der Waals surface area contributed by atoms with Gasteiger partial charge in [-0.3, -0.25) is 39.9 Å². The predicted molar refractivity (Wildman–Crippen MR) is 578 cm³/mol. The van der Waals surface area contributed by atoms with Gasteiger partial charge < -0.3 is 50.2 Å². The second-order valence-electron chi connectivity index (χ2n) is 39.7. The van der Waals surface area contributed by atoms with E-state index in [1.807, 2.05) is 62.3 Å². The summed E-state index contributed by atoms with van der Waals surface area (Å²) in [5.74, 6) is 4.85. The van der Waals surface area contributed by atoms with Gasteiger partial charge in [-0.2, -0.15) is 0 Å². The van der Waals surface area contributed by atoms with Gasteiger partial charge in [0, 0.05) is 160 Å². The summed E-state index contributed by atoms with van der Waals surface area (Å²) in [5.41, 5.74) is 14.2. The highest BCUT2D eigenvalue weighted by Crippen LogP contribution is 2.62. The minimum Gasteiger partial charge on any atom is -0.478 e. The molecule has 0 amide bonds. The third-order valence-corrected chi connectivity index (χ3v) is 32.2. The summed E-state index contributed by atoms with van der Waals surface area (Å²) >= 11 is 5.26. The molecule has 0 spiro atoms. The first-order chi connectivity index (χ1) is 71.8. The molecular weight excluding hydrogens is 1940 g/mol. The highest BCUT2D eigenvalue weighted by Gasteiger charge is 2.51. The van der Waals surface area contributed by atoms with Crippen LogP contribution in [-0.2, 0) is 89.9 Å². The number of nitrogens with zero attached hydrogens (tertiary/aromatic N) is 9. The molecule has 29 heteroatoms. The summed E-state index contributed by atoms with van der Waals surface area (Å²) in [4.78, 5) is 131. The van der Waals surface area contributed by atoms with Crippen LogP contribution < -0.4 is 4.90 Å². The molecule has 149 heavy (non-hydrogen) atoms. The molecule has 8 fully saturated rings. The fraction of sp³-hybridized carbons (Fsp3) is 0.350. The third-order valence-electron chi connectivity index (χ3n) is 29.0. The number of hydrogen-bond acceptors (Lipinski definition) is 21. The van der Waals surface area contributed by atoms with Gasteiger partial charge in [-0.1, -0.05) is 30.2 Å². The number of aromatic carboxylic acids is 8. The van der Waals surface area contributed by atoms with E-state index in [0.717, 1.165) is 197 Å². The van der Waals surface area contributed by atoms with Crippen molar-refractivity contribution in [2.75, 3.05) is 19.0 Å². The number of terminal acetylenes is 1. The molecule has 0 saturated heterocycles. The molecule has 14 aromatic rings. The van der Waals surface area contributed by atoms with Crippen molar-refractivity contribution in [2.24, 2.45) is 52.8 Å². The van der Waals surface area contributed by atoms with Crippen molar-refractivity contribution in [2.45, 2.75) is 201 Å². The molecule has 26 nitrogen and oxygen atoms in total. The van der Waals surface area contributed by atoms with Crippen molar-refractivity contribution in [3.05, 3.63) is 391 Å². The van der Waals surface area contributed by atoms with Crippen LogP contribution in [0, 0.1) is 92.8 Å². The Hall–Kier alpha value is -14.9. The van der Waals surface area contributed by atoms with E-state index in [-0.39, 0.29) is 0 Å². The zero-order valence-electron chi connectivity index (χ0n) is 84.9. The van der Waals surface area contributed by atoms with Crippen LogP contribution in [0.1, 0.15) is 268 Å². The predicted octanol–water partition coefficient (Wildman–Crippen LogP) is 24.2. The quantitative estimate of drug-likeness (QED) is 0.0177. The summed E-state index contributed by atoms with van der Waals surface area (Å²) in [6.07, 6.45) is 59.6. The van der Waals surface area contributed by atoms with Gasteiger partial charge in [-0.05, 0) is 424 Å². The molecule has 8 aliphatic rings. The molecule has 8 N–H and O–H groups in total. The lowest BCUT2D eigenvalue weighted by molar-refractivity contribution is -0.0570. The van der Waals surface area contributed by atoms with Crippen LogP contribution >= 0.6 is 34.0 Å². The normalized spacial score (nSPS) is 17.8. The second-order valence-corrected chi connectivity index (χ2v) is 43.8. The number of furan rings is 1. The smallest absolute Gasteiger partial charge is 0.336 e. The van der Waals surface area contributed by atoms with Crippen LogP contribution in [0.3, 0.4) is 0 Å². The Morgan fingerprint density at radius 2 is 0.597 bits per heavy atom. The zero-order chi connectivity index (χ0) is 106. The van der Waals surface area contributed by atoms with Gasteiger partial charge in [0.2, 0.25) is 0 Å². The number of benzene rings is 2. The Morgan fingerprint density at radius 1 is 0.322 bits per heavy atom. The van der Waals surface area contributed by atoms with Gasteiger partial charge in [0.05, 0.1) is 44.5 Å². The van der Waals surface area contributed by atoms with Crippen LogP contribution in [0.5, 0.6) is 0 Å². The fourth-order valence-electron chi connectivity index (χ4n) is 22.3. The fourth-order valence-corrected chi connectivity index (χ4v) is 25.0. The van der Waals surface area contributed by atoms with Gasteiger partial charge >= 0.3 is 47.8 Å².